The smallest absolute Gasteiger partial charge is 0.236 e. The molecule has 0 saturated carbocycles. The molecule has 134 valence electrons. The minimum atomic E-state index is 0.181. The molecule has 0 radical (unpaired) electrons. The van der Waals surface area contributed by atoms with E-state index in [0.717, 1.165) is 44.8 Å². The first-order valence-electron chi connectivity index (χ1n) is 8.91. The van der Waals surface area contributed by atoms with Crippen molar-refractivity contribution < 1.29 is 4.79 Å². The van der Waals surface area contributed by atoms with Crippen molar-refractivity contribution in [1.82, 2.24) is 20.0 Å². The van der Waals surface area contributed by atoms with Crippen LogP contribution in [-0.4, -0.2) is 59.9 Å². The quantitative estimate of drug-likeness (QED) is 0.808. The van der Waals surface area contributed by atoms with Crippen LogP contribution in [0.4, 0.5) is 5.69 Å². The van der Waals surface area contributed by atoms with Gasteiger partial charge in [-0.05, 0) is 37.1 Å². The number of nitrogens with one attached hydrogen (secondary N) is 1. The van der Waals surface area contributed by atoms with Gasteiger partial charge in [-0.3, -0.25) is 9.48 Å². The third kappa shape index (κ3) is 4.82. The maximum atomic E-state index is 12.3. The Balaban J connectivity index is 1.38. The predicted molar refractivity (Wildman–Crippen MR) is 99.8 cm³/mol. The van der Waals surface area contributed by atoms with Crippen LogP contribution < -0.4 is 10.2 Å². The van der Waals surface area contributed by atoms with E-state index >= 15 is 0 Å². The van der Waals surface area contributed by atoms with Crippen LogP contribution in [-0.2, 0) is 11.3 Å². The van der Waals surface area contributed by atoms with Gasteiger partial charge in [0.15, 0.2) is 0 Å². The highest BCUT2D eigenvalue weighted by molar-refractivity contribution is 5.78. The summed E-state index contributed by atoms with van der Waals surface area (Å²) in [6.45, 7) is 9.41. The van der Waals surface area contributed by atoms with Crippen LogP contribution in [0.15, 0.2) is 36.7 Å². The second-order valence-corrected chi connectivity index (χ2v) is 6.66. The van der Waals surface area contributed by atoms with Gasteiger partial charge < -0.3 is 15.1 Å². The van der Waals surface area contributed by atoms with Crippen molar-refractivity contribution in [2.24, 2.45) is 0 Å². The molecule has 1 fully saturated rings. The molecule has 1 N–H and O–H groups in total. The summed E-state index contributed by atoms with van der Waals surface area (Å²) in [6, 6.07) is 8.55. The van der Waals surface area contributed by atoms with Crippen molar-refractivity contribution in [3.05, 3.63) is 47.8 Å². The topological polar surface area (TPSA) is 53.4 Å². The minimum absolute atomic E-state index is 0.181. The van der Waals surface area contributed by atoms with Crippen molar-refractivity contribution in [1.29, 1.82) is 0 Å². The summed E-state index contributed by atoms with van der Waals surface area (Å²) in [5, 5.41) is 7.47. The predicted octanol–water partition coefficient (Wildman–Crippen LogP) is 1.44. The fourth-order valence-corrected chi connectivity index (χ4v) is 3.13. The first kappa shape index (κ1) is 17.5. The van der Waals surface area contributed by atoms with Crippen molar-refractivity contribution in [2.45, 2.75) is 20.4 Å². The Bertz CT molecular complexity index is 703. The number of amides is 1. The number of nitrogens with zero attached hydrogens (tertiary/aromatic N) is 4. The largest absolute Gasteiger partial charge is 0.368 e. The first-order chi connectivity index (χ1) is 12.1. The lowest BCUT2D eigenvalue weighted by molar-refractivity contribution is -0.130. The average molecular weight is 341 g/mol. The molecular formula is C19H27N5O. The zero-order valence-electron chi connectivity index (χ0n) is 15.1. The highest BCUT2D eigenvalue weighted by Gasteiger charge is 2.20. The first-order valence-corrected chi connectivity index (χ1v) is 8.91. The monoisotopic (exact) mass is 341 g/mol. The molecule has 0 aliphatic carbocycles. The summed E-state index contributed by atoms with van der Waals surface area (Å²) in [7, 11) is 0. The molecule has 1 amide bonds. The van der Waals surface area contributed by atoms with Crippen LogP contribution in [0.25, 0.3) is 0 Å². The van der Waals surface area contributed by atoms with E-state index in [2.05, 4.69) is 46.5 Å². The van der Waals surface area contributed by atoms with E-state index in [1.54, 1.807) is 0 Å². The van der Waals surface area contributed by atoms with Crippen LogP contribution in [0.3, 0.4) is 0 Å². The SMILES string of the molecule is Cc1cccc(N2CCN(C(=O)CNCCn3cc(C)cn3)CC2)c1. The molecular weight excluding hydrogens is 314 g/mol. The van der Waals surface area contributed by atoms with Gasteiger partial charge in [0.1, 0.15) is 0 Å². The van der Waals surface area contributed by atoms with Crippen molar-refractivity contribution in [3.63, 3.8) is 0 Å². The number of benzene rings is 1. The highest BCUT2D eigenvalue weighted by atomic mass is 16.2. The number of carbonyl (C=O) groups is 1. The van der Waals surface area contributed by atoms with Crippen molar-refractivity contribution in [3.8, 4) is 0 Å². The minimum Gasteiger partial charge on any atom is -0.368 e. The van der Waals surface area contributed by atoms with Crippen LogP contribution in [0.5, 0.6) is 0 Å². The molecule has 1 aliphatic heterocycles. The summed E-state index contributed by atoms with van der Waals surface area (Å²) in [5.41, 5.74) is 3.68. The maximum absolute atomic E-state index is 12.3. The molecule has 1 aromatic heterocycles. The number of piperazine rings is 1. The van der Waals surface area contributed by atoms with Gasteiger partial charge in [-0.1, -0.05) is 12.1 Å². The molecule has 0 atom stereocenters. The van der Waals surface area contributed by atoms with E-state index in [1.807, 2.05) is 28.9 Å². The number of aryl methyl sites for hydroxylation is 2. The van der Waals surface area contributed by atoms with Crippen LogP contribution >= 0.6 is 0 Å². The molecule has 0 bridgehead atoms. The fourth-order valence-electron chi connectivity index (χ4n) is 3.13. The third-order valence-electron chi connectivity index (χ3n) is 4.56. The van der Waals surface area contributed by atoms with Gasteiger partial charge in [-0.2, -0.15) is 5.10 Å². The number of anilines is 1. The number of hydrogen-bond donors (Lipinski definition) is 1. The van der Waals surface area contributed by atoms with Crippen LogP contribution in [0.1, 0.15) is 11.1 Å². The molecule has 0 unspecified atom stereocenters. The fraction of sp³-hybridized carbons (Fsp3) is 0.474. The molecule has 25 heavy (non-hydrogen) atoms. The Morgan fingerprint density at radius 1 is 1.16 bits per heavy atom. The van der Waals surface area contributed by atoms with Crippen LogP contribution in [0.2, 0.25) is 0 Å². The van der Waals surface area contributed by atoms with E-state index in [1.165, 1.54) is 11.3 Å². The van der Waals surface area contributed by atoms with Crippen molar-refractivity contribution >= 4 is 11.6 Å². The zero-order chi connectivity index (χ0) is 17.6. The zero-order valence-corrected chi connectivity index (χ0v) is 15.1. The van der Waals surface area contributed by atoms with E-state index < -0.39 is 0 Å². The van der Waals surface area contributed by atoms with Gasteiger partial charge in [-0.25, -0.2) is 0 Å². The molecule has 6 heteroatoms. The number of carbonyl (C=O) groups excluding carboxylic acids is 1. The molecule has 1 saturated heterocycles. The van der Waals surface area contributed by atoms with Gasteiger partial charge in [0.05, 0.1) is 19.3 Å². The average Bonchev–Trinajstić information content (AvgIpc) is 3.04. The van der Waals surface area contributed by atoms with E-state index in [-0.39, 0.29) is 5.91 Å². The number of aromatic nitrogens is 2. The lowest BCUT2D eigenvalue weighted by Crippen LogP contribution is -2.51. The third-order valence-corrected chi connectivity index (χ3v) is 4.56. The van der Waals surface area contributed by atoms with Gasteiger partial charge in [0, 0.05) is 44.6 Å². The summed E-state index contributed by atoms with van der Waals surface area (Å²) in [4.78, 5) is 16.6. The summed E-state index contributed by atoms with van der Waals surface area (Å²) in [5.74, 6) is 0.181. The molecule has 1 aromatic carbocycles. The lowest BCUT2D eigenvalue weighted by atomic mass is 10.2. The Kier molecular flexibility index (Phi) is 5.71. The molecule has 3 rings (SSSR count). The normalized spacial score (nSPS) is 14.8. The molecule has 6 nitrogen and oxygen atoms in total. The van der Waals surface area contributed by atoms with E-state index in [4.69, 9.17) is 0 Å². The maximum Gasteiger partial charge on any atom is 0.236 e. The molecule has 1 aliphatic rings. The Hall–Kier alpha value is -2.34. The molecule has 2 aromatic rings. The Labute approximate surface area is 149 Å². The van der Waals surface area contributed by atoms with Crippen LogP contribution in [0, 0.1) is 13.8 Å². The highest BCUT2D eigenvalue weighted by Crippen LogP contribution is 2.17. The molecule has 2 heterocycles. The Morgan fingerprint density at radius 3 is 2.64 bits per heavy atom. The summed E-state index contributed by atoms with van der Waals surface area (Å²) in [6.07, 6.45) is 3.85. The van der Waals surface area contributed by atoms with E-state index in [0.29, 0.717) is 6.54 Å². The molecule has 0 spiro atoms. The van der Waals surface area contributed by atoms with Gasteiger partial charge in [0.25, 0.3) is 0 Å². The van der Waals surface area contributed by atoms with Gasteiger partial charge >= 0.3 is 0 Å². The van der Waals surface area contributed by atoms with E-state index in [9.17, 15) is 4.79 Å². The van der Waals surface area contributed by atoms with Gasteiger partial charge in [-0.15, -0.1) is 0 Å². The summed E-state index contributed by atoms with van der Waals surface area (Å²) >= 11 is 0. The number of rotatable bonds is 6. The summed E-state index contributed by atoms with van der Waals surface area (Å²) < 4.78 is 1.90. The lowest BCUT2D eigenvalue weighted by Gasteiger charge is -2.36. The second-order valence-electron chi connectivity index (χ2n) is 6.66. The van der Waals surface area contributed by atoms with Gasteiger partial charge in [0.2, 0.25) is 5.91 Å². The number of hydrogen-bond acceptors (Lipinski definition) is 4. The Morgan fingerprint density at radius 2 is 1.96 bits per heavy atom. The van der Waals surface area contributed by atoms with Crippen molar-refractivity contribution in [2.75, 3.05) is 44.2 Å². The standard InChI is InChI=1S/C19H27N5O/c1-16-4-3-5-18(12-16)22-8-10-23(11-9-22)19(25)14-20-6-7-24-15-17(2)13-21-24/h3-5,12-13,15,20H,6-11,14H2,1-2H3. The second kappa shape index (κ2) is 8.16.